The van der Waals surface area contributed by atoms with Gasteiger partial charge in [-0.25, -0.2) is 0 Å². The molecule has 0 aliphatic rings. The fourth-order valence-corrected chi connectivity index (χ4v) is 1.03. The molecule has 6 N–H and O–H groups in total. The lowest BCUT2D eigenvalue weighted by atomic mass is 10.1. The van der Waals surface area contributed by atoms with E-state index in [0.29, 0.717) is 12.0 Å². The highest BCUT2D eigenvalue weighted by atomic mass is 16.3. The van der Waals surface area contributed by atoms with Gasteiger partial charge in [-0.15, -0.1) is 0 Å². The summed E-state index contributed by atoms with van der Waals surface area (Å²) in [7, 11) is 0. The van der Waals surface area contributed by atoms with Gasteiger partial charge in [-0.1, -0.05) is 0 Å². The van der Waals surface area contributed by atoms with Crippen molar-refractivity contribution >= 4 is 0 Å². The second kappa shape index (κ2) is 3.40. The van der Waals surface area contributed by atoms with Crippen molar-refractivity contribution in [3.05, 3.63) is 11.6 Å². The molecule has 0 heterocycles. The second-order valence-electron chi connectivity index (χ2n) is 2.64. The molecule has 0 aromatic heterocycles. The SMILES string of the molecule is NCCc1cc(O)c(O)c(O)c1O. The van der Waals surface area contributed by atoms with Gasteiger partial charge in [-0.3, -0.25) is 0 Å². The third kappa shape index (κ3) is 1.59. The van der Waals surface area contributed by atoms with Gasteiger partial charge >= 0.3 is 0 Å². The average Bonchev–Trinajstić information content (AvgIpc) is 2.11. The highest BCUT2D eigenvalue weighted by Crippen LogP contribution is 2.43. The van der Waals surface area contributed by atoms with Crippen LogP contribution in [0.15, 0.2) is 6.07 Å². The van der Waals surface area contributed by atoms with Crippen molar-refractivity contribution in [2.45, 2.75) is 6.42 Å². The Morgan fingerprint density at radius 2 is 1.62 bits per heavy atom. The zero-order valence-electron chi connectivity index (χ0n) is 6.86. The van der Waals surface area contributed by atoms with Crippen LogP contribution in [0.5, 0.6) is 23.0 Å². The van der Waals surface area contributed by atoms with Gasteiger partial charge in [0.05, 0.1) is 0 Å². The van der Waals surface area contributed by atoms with Crippen LogP contribution in [0.1, 0.15) is 5.56 Å². The smallest absolute Gasteiger partial charge is 0.204 e. The molecular weight excluding hydrogens is 174 g/mol. The van der Waals surface area contributed by atoms with Crippen molar-refractivity contribution < 1.29 is 20.4 Å². The lowest BCUT2D eigenvalue weighted by Crippen LogP contribution is -2.02. The van der Waals surface area contributed by atoms with Gasteiger partial charge < -0.3 is 26.2 Å². The maximum atomic E-state index is 9.26. The third-order valence-corrected chi connectivity index (χ3v) is 1.72. The van der Waals surface area contributed by atoms with Crippen molar-refractivity contribution in [1.82, 2.24) is 0 Å². The fourth-order valence-electron chi connectivity index (χ4n) is 1.03. The molecule has 13 heavy (non-hydrogen) atoms. The summed E-state index contributed by atoms with van der Waals surface area (Å²) in [6.07, 6.45) is 0.313. The summed E-state index contributed by atoms with van der Waals surface area (Å²) in [5, 5.41) is 36.4. The van der Waals surface area contributed by atoms with Crippen LogP contribution < -0.4 is 5.73 Å². The fraction of sp³-hybridized carbons (Fsp3) is 0.250. The van der Waals surface area contributed by atoms with Crippen molar-refractivity contribution in [3.63, 3.8) is 0 Å². The molecule has 1 aromatic carbocycles. The van der Waals surface area contributed by atoms with Crippen LogP contribution in [0, 0.1) is 0 Å². The monoisotopic (exact) mass is 185 g/mol. The molecular formula is C8H11NO4. The third-order valence-electron chi connectivity index (χ3n) is 1.72. The van der Waals surface area contributed by atoms with E-state index in [9.17, 15) is 5.11 Å². The molecule has 72 valence electrons. The summed E-state index contributed by atoms with van der Waals surface area (Å²) in [4.78, 5) is 0. The van der Waals surface area contributed by atoms with E-state index in [-0.39, 0.29) is 6.54 Å². The van der Waals surface area contributed by atoms with Gasteiger partial charge in [-0.05, 0) is 19.0 Å². The van der Waals surface area contributed by atoms with E-state index in [2.05, 4.69) is 0 Å². The number of hydrogen-bond acceptors (Lipinski definition) is 5. The largest absolute Gasteiger partial charge is 0.504 e. The van der Waals surface area contributed by atoms with Crippen LogP contribution in [-0.4, -0.2) is 27.0 Å². The Morgan fingerprint density at radius 1 is 1.00 bits per heavy atom. The zero-order chi connectivity index (χ0) is 10.0. The lowest BCUT2D eigenvalue weighted by molar-refractivity contribution is 0.343. The van der Waals surface area contributed by atoms with Crippen LogP contribution in [-0.2, 0) is 6.42 Å². The van der Waals surface area contributed by atoms with Crippen LogP contribution >= 0.6 is 0 Å². The molecule has 0 saturated heterocycles. The quantitative estimate of drug-likeness (QED) is 0.329. The van der Waals surface area contributed by atoms with E-state index in [4.69, 9.17) is 21.1 Å². The molecule has 1 rings (SSSR count). The molecule has 0 aliphatic carbocycles. The first-order valence-electron chi connectivity index (χ1n) is 3.73. The minimum Gasteiger partial charge on any atom is -0.504 e. The van der Waals surface area contributed by atoms with Crippen LogP contribution in [0.25, 0.3) is 0 Å². The molecule has 0 radical (unpaired) electrons. The average molecular weight is 185 g/mol. The molecule has 5 heteroatoms. The lowest BCUT2D eigenvalue weighted by Gasteiger charge is -2.07. The molecule has 5 nitrogen and oxygen atoms in total. The van der Waals surface area contributed by atoms with E-state index in [1.165, 1.54) is 0 Å². The van der Waals surface area contributed by atoms with Crippen molar-refractivity contribution in [3.8, 4) is 23.0 Å². The first kappa shape index (κ1) is 9.47. The number of hydrogen-bond donors (Lipinski definition) is 5. The normalized spacial score (nSPS) is 10.2. The Kier molecular flexibility index (Phi) is 2.48. The molecule has 0 unspecified atom stereocenters. The summed E-state index contributed by atoms with van der Waals surface area (Å²) in [6.45, 7) is 0.275. The van der Waals surface area contributed by atoms with Crippen LogP contribution in [0.3, 0.4) is 0 Å². The van der Waals surface area contributed by atoms with E-state index in [1.54, 1.807) is 0 Å². The molecule has 0 atom stereocenters. The summed E-state index contributed by atoms with van der Waals surface area (Å²) in [6, 6.07) is 1.16. The Balaban J connectivity index is 3.24. The van der Waals surface area contributed by atoms with Gasteiger partial charge in [0.15, 0.2) is 11.5 Å². The van der Waals surface area contributed by atoms with E-state index < -0.39 is 23.0 Å². The molecule has 0 amide bonds. The van der Waals surface area contributed by atoms with Gasteiger partial charge in [0, 0.05) is 5.56 Å². The van der Waals surface area contributed by atoms with Crippen molar-refractivity contribution in [1.29, 1.82) is 0 Å². The predicted octanol–water partition coefficient (Wildman–Crippen LogP) is 0.0102. The molecule has 0 saturated carbocycles. The standard InChI is InChI=1S/C8H11NO4/c9-2-1-4-3-5(10)7(12)8(13)6(4)11/h3,10-13H,1-2,9H2. The molecule has 0 spiro atoms. The summed E-state index contributed by atoms with van der Waals surface area (Å²) in [5.74, 6) is -2.36. The topological polar surface area (TPSA) is 107 Å². The summed E-state index contributed by atoms with van der Waals surface area (Å²) in [5.41, 5.74) is 5.53. The molecule has 0 aliphatic heterocycles. The Morgan fingerprint density at radius 3 is 2.15 bits per heavy atom. The number of nitrogens with two attached hydrogens (primary N) is 1. The Labute approximate surface area is 74.7 Å². The van der Waals surface area contributed by atoms with Gasteiger partial charge in [0.25, 0.3) is 0 Å². The first-order valence-corrected chi connectivity index (χ1v) is 3.73. The highest BCUT2D eigenvalue weighted by Gasteiger charge is 2.15. The Hall–Kier alpha value is -1.62. The summed E-state index contributed by atoms with van der Waals surface area (Å²) < 4.78 is 0. The number of phenols is 4. The van der Waals surface area contributed by atoms with Crippen LogP contribution in [0.2, 0.25) is 0 Å². The van der Waals surface area contributed by atoms with E-state index >= 15 is 0 Å². The minimum absolute atomic E-state index is 0.275. The minimum atomic E-state index is -0.724. The van der Waals surface area contributed by atoms with Crippen molar-refractivity contribution in [2.24, 2.45) is 5.73 Å². The zero-order valence-corrected chi connectivity index (χ0v) is 6.86. The first-order chi connectivity index (χ1) is 6.07. The van der Waals surface area contributed by atoms with Crippen LogP contribution in [0.4, 0.5) is 0 Å². The molecule has 0 bridgehead atoms. The number of rotatable bonds is 2. The van der Waals surface area contributed by atoms with E-state index in [1.807, 2.05) is 0 Å². The Bertz CT molecular complexity index is 324. The van der Waals surface area contributed by atoms with Crippen molar-refractivity contribution in [2.75, 3.05) is 6.54 Å². The van der Waals surface area contributed by atoms with Gasteiger partial charge in [-0.2, -0.15) is 0 Å². The molecule has 1 aromatic rings. The number of benzene rings is 1. The maximum Gasteiger partial charge on any atom is 0.204 e. The molecule has 0 fully saturated rings. The predicted molar refractivity (Wildman–Crippen MR) is 45.9 cm³/mol. The highest BCUT2D eigenvalue weighted by molar-refractivity contribution is 5.60. The van der Waals surface area contributed by atoms with E-state index in [0.717, 1.165) is 6.07 Å². The number of aromatic hydroxyl groups is 4. The van der Waals surface area contributed by atoms with Gasteiger partial charge in [0.1, 0.15) is 0 Å². The second-order valence-corrected chi connectivity index (χ2v) is 2.64. The summed E-state index contributed by atoms with van der Waals surface area (Å²) >= 11 is 0. The number of phenolic OH excluding ortho intramolecular Hbond substituents is 4. The van der Waals surface area contributed by atoms with Gasteiger partial charge in [0.2, 0.25) is 11.5 Å². The maximum absolute atomic E-state index is 9.26.